The summed E-state index contributed by atoms with van der Waals surface area (Å²) in [4.78, 5) is 12.5. The maximum absolute atomic E-state index is 12.6. The van der Waals surface area contributed by atoms with E-state index in [1.165, 1.54) is 12.8 Å². The molecule has 0 radical (unpaired) electrons. The Hall–Kier alpha value is -1.57. The SMILES string of the molecule is O=C(NS(=O)(=O)CC1CCC2(CCCCCC2)O1)C1=Cc2ccc(Cl)cc2OC1. The molecule has 2 heterocycles. The van der Waals surface area contributed by atoms with Crippen LogP contribution in [0.4, 0.5) is 0 Å². The van der Waals surface area contributed by atoms with E-state index in [9.17, 15) is 13.2 Å². The Morgan fingerprint density at radius 2 is 1.93 bits per heavy atom. The van der Waals surface area contributed by atoms with E-state index in [-0.39, 0.29) is 29.6 Å². The van der Waals surface area contributed by atoms with Gasteiger partial charge in [-0.2, -0.15) is 0 Å². The van der Waals surface area contributed by atoms with Crippen molar-refractivity contribution in [3.8, 4) is 5.75 Å². The van der Waals surface area contributed by atoms with Crippen molar-refractivity contribution in [1.82, 2.24) is 4.72 Å². The van der Waals surface area contributed by atoms with Crippen molar-refractivity contribution < 1.29 is 22.7 Å². The van der Waals surface area contributed by atoms with E-state index in [0.717, 1.165) is 38.5 Å². The third-order valence-electron chi connectivity index (χ3n) is 5.99. The second kappa shape index (κ2) is 8.28. The summed E-state index contributed by atoms with van der Waals surface area (Å²) in [5, 5.41) is 0.538. The molecule has 2 aliphatic heterocycles. The van der Waals surface area contributed by atoms with Crippen LogP contribution in [0.2, 0.25) is 5.02 Å². The third kappa shape index (κ3) is 4.95. The van der Waals surface area contributed by atoms with Gasteiger partial charge in [-0.15, -0.1) is 0 Å². The highest BCUT2D eigenvalue weighted by molar-refractivity contribution is 7.90. The predicted molar refractivity (Wildman–Crippen MR) is 111 cm³/mol. The lowest BCUT2D eigenvalue weighted by Gasteiger charge is -2.28. The van der Waals surface area contributed by atoms with Crippen molar-refractivity contribution in [1.29, 1.82) is 0 Å². The fourth-order valence-electron chi connectivity index (χ4n) is 4.52. The molecule has 1 unspecified atom stereocenters. The molecule has 1 aliphatic carbocycles. The van der Waals surface area contributed by atoms with E-state index in [4.69, 9.17) is 21.1 Å². The van der Waals surface area contributed by atoms with Crippen LogP contribution in [0, 0.1) is 0 Å². The molecule has 0 aromatic heterocycles. The highest BCUT2D eigenvalue weighted by Crippen LogP contribution is 2.41. The summed E-state index contributed by atoms with van der Waals surface area (Å²) in [6.45, 7) is -0.00225. The van der Waals surface area contributed by atoms with Gasteiger partial charge in [0.05, 0.1) is 23.0 Å². The minimum atomic E-state index is -3.80. The second-order valence-corrected chi connectivity index (χ2v) is 10.4. The van der Waals surface area contributed by atoms with Crippen LogP contribution in [-0.2, 0) is 19.6 Å². The topological polar surface area (TPSA) is 81.7 Å². The zero-order valence-corrected chi connectivity index (χ0v) is 17.9. The zero-order valence-electron chi connectivity index (χ0n) is 16.3. The fourth-order valence-corrected chi connectivity index (χ4v) is 5.90. The number of amides is 1. The smallest absolute Gasteiger partial charge is 0.264 e. The molecule has 1 amide bonds. The third-order valence-corrected chi connectivity index (χ3v) is 7.53. The first-order chi connectivity index (χ1) is 13.8. The van der Waals surface area contributed by atoms with E-state index < -0.39 is 15.9 Å². The van der Waals surface area contributed by atoms with E-state index >= 15 is 0 Å². The normalized spacial score (nSPS) is 23.6. The Morgan fingerprint density at radius 3 is 2.69 bits per heavy atom. The van der Waals surface area contributed by atoms with Crippen molar-refractivity contribution in [2.24, 2.45) is 0 Å². The number of benzene rings is 1. The second-order valence-electron chi connectivity index (χ2n) is 8.23. The van der Waals surface area contributed by atoms with Gasteiger partial charge in [-0.05, 0) is 50.0 Å². The number of nitrogens with one attached hydrogen (secondary N) is 1. The minimum absolute atomic E-state index is 0.00225. The molecule has 2 fully saturated rings. The van der Waals surface area contributed by atoms with Gasteiger partial charge in [-0.3, -0.25) is 4.79 Å². The molecule has 1 aromatic rings. The highest BCUT2D eigenvalue weighted by Gasteiger charge is 2.41. The summed E-state index contributed by atoms with van der Waals surface area (Å²) in [6.07, 6.45) is 9.60. The monoisotopic (exact) mass is 439 g/mol. The summed E-state index contributed by atoms with van der Waals surface area (Å²) in [6, 6.07) is 5.09. The Morgan fingerprint density at radius 1 is 1.17 bits per heavy atom. The number of ether oxygens (including phenoxy) is 2. The molecule has 1 saturated carbocycles. The summed E-state index contributed by atoms with van der Waals surface area (Å²) in [7, 11) is -3.80. The maximum Gasteiger partial charge on any atom is 0.264 e. The Kier molecular flexibility index (Phi) is 5.91. The van der Waals surface area contributed by atoms with Crippen LogP contribution < -0.4 is 9.46 Å². The molecular formula is C21H26ClNO5S. The summed E-state index contributed by atoms with van der Waals surface area (Å²) < 4.78 is 39.1. The van der Waals surface area contributed by atoms with Crippen LogP contribution in [0.3, 0.4) is 0 Å². The Balaban J connectivity index is 1.37. The van der Waals surface area contributed by atoms with Gasteiger partial charge >= 0.3 is 0 Å². The van der Waals surface area contributed by atoms with Gasteiger partial charge in [0.25, 0.3) is 5.91 Å². The molecule has 8 heteroatoms. The molecule has 6 nitrogen and oxygen atoms in total. The molecule has 4 rings (SSSR count). The van der Waals surface area contributed by atoms with Crippen LogP contribution in [0.5, 0.6) is 5.75 Å². The number of halogens is 1. The average molecular weight is 440 g/mol. The van der Waals surface area contributed by atoms with E-state index in [1.807, 2.05) is 0 Å². The molecule has 1 saturated heterocycles. The first-order valence-electron chi connectivity index (χ1n) is 10.2. The fraction of sp³-hybridized carbons (Fsp3) is 0.571. The van der Waals surface area contributed by atoms with Crippen LogP contribution >= 0.6 is 11.6 Å². The zero-order chi connectivity index (χ0) is 20.5. The van der Waals surface area contributed by atoms with Crippen molar-refractivity contribution in [2.75, 3.05) is 12.4 Å². The molecule has 1 spiro atoms. The van der Waals surface area contributed by atoms with Crippen LogP contribution in [0.15, 0.2) is 23.8 Å². The summed E-state index contributed by atoms with van der Waals surface area (Å²) in [5.41, 5.74) is 0.791. The van der Waals surface area contributed by atoms with Crippen molar-refractivity contribution in [3.63, 3.8) is 0 Å². The predicted octanol–water partition coefficient (Wildman–Crippen LogP) is 3.83. The highest BCUT2D eigenvalue weighted by atomic mass is 35.5. The van der Waals surface area contributed by atoms with E-state index in [1.54, 1.807) is 24.3 Å². The largest absolute Gasteiger partial charge is 0.488 e. The number of fused-ring (bicyclic) bond motifs is 1. The molecule has 1 aromatic carbocycles. The standard InChI is InChI=1S/C21H26ClNO5S/c22-17-6-5-15-11-16(13-27-19(15)12-17)20(24)23-29(25,26)14-18-7-10-21(28-18)8-3-1-2-4-9-21/h5-6,11-12,18H,1-4,7-10,13-14H2,(H,23,24). The van der Waals surface area contributed by atoms with Crippen molar-refractivity contribution in [3.05, 3.63) is 34.4 Å². The molecule has 158 valence electrons. The minimum Gasteiger partial charge on any atom is -0.488 e. The van der Waals surface area contributed by atoms with Gasteiger partial charge < -0.3 is 9.47 Å². The lowest BCUT2D eigenvalue weighted by molar-refractivity contribution is -0.116. The van der Waals surface area contributed by atoms with Gasteiger partial charge in [0.2, 0.25) is 10.0 Å². The number of hydrogen-bond donors (Lipinski definition) is 1. The quantitative estimate of drug-likeness (QED) is 0.770. The van der Waals surface area contributed by atoms with Gasteiger partial charge in [-0.25, -0.2) is 13.1 Å². The number of carbonyl (C=O) groups excluding carboxylic acids is 1. The Labute approximate surface area is 176 Å². The number of carbonyl (C=O) groups is 1. The molecule has 1 atom stereocenters. The number of rotatable bonds is 4. The molecule has 29 heavy (non-hydrogen) atoms. The first kappa shape index (κ1) is 20.7. The van der Waals surface area contributed by atoms with Gasteiger partial charge in [0, 0.05) is 10.6 Å². The van der Waals surface area contributed by atoms with Gasteiger partial charge in [0.15, 0.2) is 0 Å². The lowest BCUT2D eigenvalue weighted by Crippen LogP contribution is -2.39. The van der Waals surface area contributed by atoms with Gasteiger partial charge in [-0.1, -0.05) is 37.3 Å². The molecule has 1 N–H and O–H groups in total. The average Bonchev–Trinajstić information content (AvgIpc) is 2.90. The lowest BCUT2D eigenvalue weighted by atomic mass is 9.91. The number of hydrogen-bond acceptors (Lipinski definition) is 5. The van der Waals surface area contributed by atoms with Crippen LogP contribution in [0.1, 0.15) is 56.9 Å². The Bertz CT molecular complexity index is 919. The van der Waals surface area contributed by atoms with E-state index in [0.29, 0.717) is 16.3 Å². The summed E-state index contributed by atoms with van der Waals surface area (Å²) >= 11 is 5.94. The van der Waals surface area contributed by atoms with Crippen LogP contribution in [0.25, 0.3) is 6.08 Å². The molecule has 3 aliphatic rings. The molecule has 0 bridgehead atoms. The summed E-state index contributed by atoms with van der Waals surface area (Å²) in [5.74, 6) is -0.279. The van der Waals surface area contributed by atoms with Crippen molar-refractivity contribution >= 4 is 33.6 Å². The number of sulfonamides is 1. The van der Waals surface area contributed by atoms with Crippen molar-refractivity contribution in [2.45, 2.75) is 63.1 Å². The maximum atomic E-state index is 12.6. The first-order valence-corrected chi connectivity index (χ1v) is 12.2. The van der Waals surface area contributed by atoms with Crippen LogP contribution in [-0.4, -0.2) is 38.4 Å². The van der Waals surface area contributed by atoms with Gasteiger partial charge in [0.1, 0.15) is 12.4 Å². The molecular weight excluding hydrogens is 414 g/mol. The van der Waals surface area contributed by atoms with E-state index in [2.05, 4.69) is 4.72 Å².